The summed E-state index contributed by atoms with van der Waals surface area (Å²) in [5.41, 5.74) is -0.118. The van der Waals surface area contributed by atoms with E-state index in [1.165, 1.54) is 23.5 Å². The predicted molar refractivity (Wildman–Crippen MR) is 110 cm³/mol. The first-order valence-electron chi connectivity index (χ1n) is 6.56. The number of benzene rings is 1. The molecule has 1 aromatic carbocycles. The Bertz CT molecular complexity index is 832. The molecule has 6 nitrogen and oxygen atoms in total. The Morgan fingerprint density at radius 2 is 1.92 bits per heavy atom. The maximum Gasteiger partial charge on any atom is 0.350 e. The number of carbonyl (C=O) groups is 2. The molecule has 0 saturated heterocycles. The molecule has 10 heteroatoms. The number of halogens is 2. The van der Waals surface area contributed by atoms with Crippen LogP contribution in [0.4, 0.5) is 0 Å². The second kappa shape index (κ2) is 9.15. The van der Waals surface area contributed by atoms with Gasteiger partial charge in [-0.2, -0.15) is 5.26 Å². The van der Waals surface area contributed by atoms with Crippen LogP contribution in [0.5, 0.6) is 5.75 Å². The fraction of sp³-hybridized carbons (Fsp3) is 0.133. The molecule has 1 heterocycles. The third kappa shape index (κ3) is 4.83. The van der Waals surface area contributed by atoms with Gasteiger partial charge in [0.05, 0.1) is 7.81 Å². The van der Waals surface area contributed by atoms with Crippen molar-refractivity contribution < 1.29 is 24.2 Å². The highest BCUT2D eigenvalue weighted by molar-refractivity contribution is 14.1. The normalized spacial score (nSPS) is 14.3. The minimum atomic E-state index is -0.783. The number of hydrogen-bond donors (Lipinski definition) is 1. The number of fused-ring (bicyclic) bond motifs is 1. The van der Waals surface area contributed by atoms with Crippen molar-refractivity contribution in [2.45, 2.75) is 9.79 Å². The van der Waals surface area contributed by atoms with Crippen molar-refractivity contribution in [3.05, 3.63) is 35.7 Å². The molecule has 25 heavy (non-hydrogen) atoms. The van der Waals surface area contributed by atoms with Crippen molar-refractivity contribution in [2.24, 2.45) is 0 Å². The highest BCUT2D eigenvalue weighted by Crippen LogP contribution is 2.56. The predicted octanol–water partition coefficient (Wildman–Crippen LogP) is 3.81. The van der Waals surface area contributed by atoms with Crippen molar-refractivity contribution in [3.8, 4) is 11.8 Å². The van der Waals surface area contributed by atoms with Gasteiger partial charge in [-0.3, -0.25) is 0 Å². The lowest BCUT2D eigenvalue weighted by Crippen LogP contribution is -2.14. The van der Waals surface area contributed by atoms with Crippen LogP contribution >= 0.6 is 68.7 Å². The molecule has 0 bridgehead atoms. The van der Waals surface area contributed by atoms with E-state index in [1.807, 2.05) is 28.7 Å². The third-order valence-corrected chi connectivity index (χ3v) is 8.07. The number of phenols is 1. The minimum absolute atomic E-state index is 0.116. The highest BCUT2D eigenvalue weighted by atomic mass is 127. The number of rotatable bonds is 5. The summed E-state index contributed by atoms with van der Waals surface area (Å²) >= 11 is 6.65. The highest BCUT2D eigenvalue weighted by Gasteiger charge is 2.30. The summed E-state index contributed by atoms with van der Waals surface area (Å²) in [5.74, 6) is -1.24. The van der Waals surface area contributed by atoms with Crippen LogP contribution < -0.4 is 0 Å². The molecule has 0 spiro atoms. The molecule has 0 amide bonds. The Balaban J connectivity index is 2.12. The van der Waals surface area contributed by atoms with Gasteiger partial charge in [0.15, 0.2) is 5.57 Å². The lowest BCUT2D eigenvalue weighted by atomic mass is 10.3. The zero-order valence-corrected chi connectivity index (χ0v) is 18.3. The summed E-state index contributed by atoms with van der Waals surface area (Å²) in [6.45, 7) is 2.98. The Morgan fingerprint density at radius 1 is 1.28 bits per heavy atom. The van der Waals surface area contributed by atoms with E-state index in [2.05, 4.69) is 29.2 Å². The molecule has 0 saturated carbocycles. The largest absolute Gasteiger partial charge is 0.507 e. The molecule has 2 rings (SSSR count). The minimum Gasteiger partial charge on any atom is -0.507 e. The molecule has 0 unspecified atom stereocenters. The first kappa shape index (κ1) is 20.4. The second-order valence-corrected chi connectivity index (χ2v) is 8.88. The van der Waals surface area contributed by atoms with Gasteiger partial charge in [0.2, 0.25) is 0 Å². The molecular formula is C15H9I2NO5S2. The zero-order valence-electron chi connectivity index (χ0n) is 12.4. The SMILES string of the molecule is C=CC(=O)OCCOC(=O)/C(C#N)=C1\Sc2c(I)cc(O)c(I)c2S1. The number of carbonyl (C=O) groups excluding carboxylic acids is 2. The van der Waals surface area contributed by atoms with Gasteiger partial charge in [-0.05, 0) is 51.2 Å². The van der Waals surface area contributed by atoms with Gasteiger partial charge >= 0.3 is 11.9 Å². The van der Waals surface area contributed by atoms with E-state index in [0.717, 1.165) is 19.4 Å². The summed E-state index contributed by atoms with van der Waals surface area (Å²) < 4.78 is 11.7. The van der Waals surface area contributed by atoms with Gasteiger partial charge in [-0.25, -0.2) is 9.59 Å². The number of hydrogen-bond acceptors (Lipinski definition) is 8. The smallest absolute Gasteiger partial charge is 0.350 e. The number of phenolic OH excluding ortho intramolecular Hbond substituents is 1. The topological polar surface area (TPSA) is 96.6 Å². The van der Waals surface area contributed by atoms with Crippen LogP contribution in [-0.2, 0) is 19.1 Å². The van der Waals surface area contributed by atoms with Crippen LogP contribution in [0.3, 0.4) is 0 Å². The second-order valence-electron chi connectivity index (χ2n) is 4.34. The zero-order chi connectivity index (χ0) is 18.6. The van der Waals surface area contributed by atoms with Gasteiger partial charge in [0, 0.05) is 19.4 Å². The van der Waals surface area contributed by atoms with Crippen LogP contribution in [0.2, 0.25) is 0 Å². The molecule has 1 N–H and O–H groups in total. The van der Waals surface area contributed by atoms with Gasteiger partial charge in [-0.15, -0.1) is 0 Å². The molecule has 1 aliphatic heterocycles. The third-order valence-electron chi connectivity index (χ3n) is 2.75. The van der Waals surface area contributed by atoms with Gasteiger partial charge in [0.25, 0.3) is 0 Å². The molecule has 0 aromatic heterocycles. The first-order chi connectivity index (χ1) is 11.9. The van der Waals surface area contributed by atoms with Gasteiger partial charge < -0.3 is 14.6 Å². The van der Waals surface area contributed by atoms with Crippen LogP contribution in [0.1, 0.15) is 0 Å². The lowest BCUT2D eigenvalue weighted by molar-refractivity contribution is -0.146. The van der Waals surface area contributed by atoms with Crippen LogP contribution in [0.15, 0.2) is 38.3 Å². The Morgan fingerprint density at radius 3 is 2.56 bits per heavy atom. The Labute approximate surface area is 179 Å². The summed E-state index contributed by atoms with van der Waals surface area (Å²) in [6, 6.07) is 3.50. The van der Waals surface area contributed by atoms with Crippen molar-refractivity contribution in [2.75, 3.05) is 13.2 Å². The average Bonchev–Trinajstić information content (AvgIpc) is 3.02. The number of thioether (sulfide) groups is 2. The monoisotopic (exact) mass is 601 g/mol. The summed E-state index contributed by atoms with van der Waals surface area (Å²) in [6.07, 6.45) is 1.01. The number of nitrogens with zero attached hydrogens (tertiary/aromatic N) is 1. The fourth-order valence-electron chi connectivity index (χ4n) is 1.65. The van der Waals surface area contributed by atoms with Crippen LogP contribution in [0.25, 0.3) is 0 Å². The van der Waals surface area contributed by atoms with E-state index in [1.54, 1.807) is 6.07 Å². The fourth-order valence-corrected chi connectivity index (χ4v) is 6.16. The van der Waals surface area contributed by atoms with Crippen LogP contribution in [-0.4, -0.2) is 30.3 Å². The van der Waals surface area contributed by atoms with E-state index in [-0.39, 0.29) is 24.5 Å². The summed E-state index contributed by atoms with van der Waals surface area (Å²) in [7, 11) is 0. The van der Waals surface area contributed by atoms with E-state index < -0.39 is 11.9 Å². The first-order valence-corrected chi connectivity index (χ1v) is 10.4. The maximum atomic E-state index is 12.1. The molecule has 0 fully saturated rings. The lowest BCUT2D eigenvalue weighted by Gasteiger charge is -2.05. The standard InChI is InChI=1S/C15H9I2NO5S2/c1-2-10(20)22-3-4-23-14(21)7(6-18)15-24-12-8(16)5-9(19)11(17)13(12)25-15/h2,5,19H,1,3-4H2/b15-7+. The molecule has 0 aliphatic carbocycles. The number of aromatic hydroxyl groups is 1. The molecule has 0 atom stereocenters. The van der Waals surface area contributed by atoms with Gasteiger partial charge in [-0.1, -0.05) is 30.1 Å². The molecule has 0 radical (unpaired) electrons. The van der Waals surface area contributed by atoms with E-state index >= 15 is 0 Å². The summed E-state index contributed by atoms with van der Waals surface area (Å²) in [4.78, 5) is 24.7. The van der Waals surface area contributed by atoms with E-state index in [0.29, 0.717) is 7.81 Å². The number of nitriles is 1. The Hall–Kier alpha value is -0.910. The van der Waals surface area contributed by atoms with Gasteiger partial charge in [0.1, 0.15) is 25.0 Å². The van der Waals surface area contributed by atoms with Crippen molar-refractivity contribution in [1.82, 2.24) is 0 Å². The molecule has 1 aromatic rings. The summed E-state index contributed by atoms with van der Waals surface area (Å²) in [5, 5.41) is 19.2. The van der Waals surface area contributed by atoms with E-state index in [4.69, 9.17) is 9.47 Å². The molecule has 130 valence electrons. The average molecular weight is 601 g/mol. The van der Waals surface area contributed by atoms with Crippen molar-refractivity contribution in [1.29, 1.82) is 5.26 Å². The quantitative estimate of drug-likeness (QED) is 0.179. The van der Waals surface area contributed by atoms with Crippen LogP contribution in [0, 0.1) is 18.5 Å². The Kier molecular flexibility index (Phi) is 7.47. The molecular weight excluding hydrogens is 592 g/mol. The van der Waals surface area contributed by atoms with Crippen molar-refractivity contribution in [3.63, 3.8) is 0 Å². The molecule has 1 aliphatic rings. The van der Waals surface area contributed by atoms with E-state index in [9.17, 15) is 20.0 Å². The maximum absolute atomic E-state index is 12.1. The van der Waals surface area contributed by atoms with Crippen molar-refractivity contribution >= 4 is 80.6 Å². The number of ether oxygens (including phenoxy) is 2. The number of esters is 2.